The molecule has 0 radical (unpaired) electrons. The second-order valence-electron chi connectivity index (χ2n) is 6.12. The molecule has 1 fully saturated rings. The lowest BCUT2D eigenvalue weighted by Gasteiger charge is -2.17. The van der Waals surface area contributed by atoms with Gasteiger partial charge >= 0.3 is 5.97 Å². The van der Waals surface area contributed by atoms with Crippen molar-refractivity contribution in [3.8, 4) is 6.07 Å². The van der Waals surface area contributed by atoms with E-state index in [0.29, 0.717) is 32.5 Å². The highest BCUT2D eigenvalue weighted by atomic mass is 79.9. The van der Waals surface area contributed by atoms with Crippen LogP contribution >= 0.6 is 27.5 Å². The molecule has 0 aliphatic heterocycles. The Kier molecular flexibility index (Phi) is 6.14. The minimum absolute atomic E-state index is 0.0221. The highest BCUT2D eigenvalue weighted by Gasteiger charge is 2.28. The number of ether oxygens (including phenoxy) is 1. The molecule has 0 spiro atoms. The van der Waals surface area contributed by atoms with Crippen molar-refractivity contribution in [3.05, 3.63) is 39.5 Å². The maximum absolute atomic E-state index is 11.8. The second kappa shape index (κ2) is 8.55. The zero-order chi connectivity index (χ0) is 19.4. The first-order chi connectivity index (χ1) is 13.0. The standard InChI is InChI=1S/C18H17BrClN5O2/c1-27-17(26)12-7-11(5-6-13(12)19)23-18-22-9-14(20)16(25-18)24-15-4-2-3-10(15)8-21/h5-7,9-10,15H,2-4H2,1H3,(H2,22,23,24,25)/t10?,15-/m0/s1. The first-order valence-electron chi connectivity index (χ1n) is 8.35. The number of halogens is 2. The van der Waals surface area contributed by atoms with Gasteiger partial charge in [-0.25, -0.2) is 9.78 Å². The van der Waals surface area contributed by atoms with Gasteiger partial charge < -0.3 is 15.4 Å². The number of nitrogens with one attached hydrogen (secondary N) is 2. The second-order valence-corrected chi connectivity index (χ2v) is 7.38. The number of nitrogens with zero attached hydrogens (tertiary/aromatic N) is 3. The number of hydrogen-bond acceptors (Lipinski definition) is 7. The maximum atomic E-state index is 11.8. The number of methoxy groups -OCH3 is 1. The molecular weight excluding hydrogens is 434 g/mol. The Balaban J connectivity index is 1.80. The predicted octanol–water partition coefficient (Wildman–Crippen LogP) is 4.53. The molecule has 1 heterocycles. The summed E-state index contributed by atoms with van der Waals surface area (Å²) in [5.74, 6) is 0.299. The lowest BCUT2D eigenvalue weighted by molar-refractivity contribution is 0.0599. The number of esters is 1. The Morgan fingerprint density at radius 2 is 2.26 bits per heavy atom. The maximum Gasteiger partial charge on any atom is 0.339 e. The van der Waals surface area contributed by atoms with Crippen LogP contribution in [0, 0.1) is 17.2 Å². The van der Waals surface area contributed by atoms with Gasteiger partial charge in [0.05, 0.1) is 30.9 Å². The van der Waals surface area contributed by atoms with E-state index >= 15 is 0 Å². The van der Waals surface area contributed by atoms with Crippen molar-refractivity contribution < 1.29 is 9.53 Å². The van der Waals surface area contributed by atoms with Gasteiger partial charge in [0.25, 0.3) is 0 Å². The fourth-order valence-electron chi connectivity index (χ4n) is 2.99. The van der Waals surface area contributed by atoms with Gasteiger partial charge in [-0.1, -0.05) is 11.6 Å². The van der Waals surface area contributed by atoms with Crippen LogP contribution in [-0.4, -0.2) is 29.1 Å². The van der Waals surface area contributed by atoms with Gasteiger partial charge in [-0.05, 0) is 53.4 Å². The average molecular weight is 451 g/mol. The molecule has 0 amide bonds. The molecule has 0 saturated heterocycles. The third-order valence-electron chi connectivity index (χ3n) is 4.38. The van der Waals surface area contributed by atoms with Crippen LogP contribution in [0.1, 0.15) is 29.6 Å². The lowest BCUT2D eigenvalue weighted by atomic mass is 10.1. The molecule has 1 aromatic heterocycles. The molecule has 2 atom stereocenters. The molecule has 7 nitrogen and oxygen atoms in total. The summed E-state index contributed by atoms with van der Waals surface area (Å²) in [6, 6.07) is 7.51. The zero-order valence-electron chi connectivity index (χ0n) is 14.5. The van der Waals surface area contributed by atoms with E-state index in [-0.39, 0.29) is 12.0 Å². The predicted molar refractivity (Wildman–Crippen MR) is 106 cm³/mol. The van der Waals surface area contributed by atoms with Gasteiger partial charge in [0.15, 0.2) is 5.82 Å². The van der Waals surface area contributed by atoms with Gasteiger partial charge in [0.1, 0.15) is 5.02 Å². The number of nitriles is 1. The van der Waals surface area contributed by atoms with Gasteiger partial charge in [-0.3, -0.25) is 0 Å². The zero-order valence-corrected chi connectivity index (χ0v) is 16.8. The van der Waals surface area contributed by atoms with Crippen LogP contribution in [0.2, 0.25) is 5.02 Å². The third-order valence-corrected chi connectivity index (χ3v) is 5.34. The molecule has 3 rings (SSSR count). The fraction of sp³-hybridized carbons (Fsp3) is 0.333. The Labute approximate surface area is 170 Å². The van der Waals surface area contributed by atoms with Crippen LogP contribution in [0.5, 0.6) is 0 Å². The molecule has 9 heteroatoms. The van der Waals surface area contributed by atoms with Crippen LogP contribution in [0.15, 0.2) is 28.9 Å². The number of benzene rings is 1. The fourth-order valence-corrected chi connectivity index (χ4v) is 3.54. The number of rotatable bonds is 5. The summed E-state index contributed by atoms with van der Waals surface area (Å²) in [6.07, 6.45) is 4.27. The third kappa shape index (κ3) is 4.49. The number of carbonyl (C=O) groups is 1. The molecular formula is C18H17BrClN5O2. The van der Waals surface area contributed by atoms with E-state index in [1.807, 2.05) is 0 Å². The van der Waals surface area contributed by atoms with Gasteiger partial charge in [-0.15, -0.1) is 0 Å². The summed E-state index contributed by atoms with van der Waals surface area (Å²) in [5.41, 5.74) is 1.01. The number of carbonyl (C=O) groups excluding carboxylic acids is 1. The largest absolute Gasteiger partial charge is 0.465 e. The van der Waals surface area contributed by atoms with E-state index in [1.54, 1.807) is 18.2 Å². The van der Waals surface area contributed by atoms with Crippen molar-refractivity contribution >= 4 is 51.0 Å². The average Bonchev–Trinajstić information content (AvgIpc) is 3.12. The highest BCUT2D eigenvalue weighted by molar-refractivity contribution is 9.10. The molecule has 2 N–H and O–H groups in total. The quantitative estimate of drug-likeness (QED) is 0.646. The van der Waals surface area contributed by atoms with Crippen LogP contribution < -0.4 is 10.6 Å². The summed E-state index contributed by atoms with van der Waals surface area (Å²) < 4.78 is 5.40. The van der Waals surface area contributed by atoms with Gasteiger partial charge in [-0.2, -0.15) is 10.2 Å². The molecule has 27 heavy (non-hydrogen) atoms. The number of aromatic nitrogens is 2. The number of hydrogen-bond donors (Lipinski definition) is 2. The van der Waals surface area contributed by atoms with E-state index in [1.165, 1.54) is 13.3 Å². The molecule has 1 unspecified atom stereocenters. The summed E-state index contributed by atoms with van der Waals surface area (Å²) in [6.45, 7) is 0. The molecule has 1 aromatic carbocycles. The van der Waals surface area contributed by atoms with Crippen LogP contribution in [-0.2, 0) is 4.74 Å². The number of anilines is 3. The Bertz CT molecular complexity index is 902. The van der Waals surface area contributed by atoms with Gasteiger partial charge in [0, 0.05) is 16.2 Å². The summed E-state index contributed by atoms with van der Waals surface area (Å²) >= 11 is 9.54. The highest BCUT2D eigenvalue weighted by Crippen LogP contribution is 2.30. The van der Waals surface area contributed by atoms with Crippen molar-refractivity contribution in [2.75, 3.05) is 17.7 Å². The molecule has 140 valence electrons. The van der Waals surface area contributed by atoms with E-state index in [2.05, 4.69) is 42.6 Å². The van der Waals surface area contributed by atoms with E-state index in [9.17, 15) is 10.1 Å². The molecule has 1 aliphatic rings. The summed E-state index contributed by atoms with van der Waals surface area (Å²) in [4.78, 5) is 20.4. The molecule has 0 bridgehead atoms. The SMILES string of the molecule is COC(=O)c1cc(Nc2ncc(Cl)c(N[C@H]3CCCC3C#N)n2)ccc1Br. The van der Waals surface area contributed by atoms with E-state index in [4.69, 9.17) is 16.3 Å². The summed E-state index contributed by atoms with van der Waals surface area (Å²) in [7, 11) is 1.33. The van der Waals surface area contributed by atoms with E-state index < -0.39 is 5.97 Å². The van der Waals surface area contributed by atoms with Crippen molar-refractivity contribution in [2.24, 2.45) is 5.92 Å². The molecule has 1 aliphatic carbocycles. The lowest BCUT2D eigenvalue weighted by Crippen LogP contribution is -2.23. The summed E-state index contributed by atoms with van der Waals surface area (Å²) in [5, 5.41) is 15.9. The van der Waals surface area contributed by atoms with Crippen LogP contribution in [0.25, 0.3) is 0 Å². The normalized spacial score (nSPS) is 18.6. The molecule has 1 saturated carbocycles. The minimum Gasteiger partial charge on any atom is -0.465 e. The minimum atomic E-state index is -0.450. The molecule has 2 aromatic rings. The van der Waals surface area contributed by atoms with Gasteiger partial charge in [0.2, 0.25) is 5.95 Å². The van der Waals surface area contributed by atoms with Crippen molar-refractivity contribution in [2.45, 2.75) is 25.3 Å². The monoisotopic (exact) mass is 449 g/mol. The Hall–Kier alpha value is -2.37. The van der Waals surface area contributed by atoms with Crippen molar-refractivity contribution in [1.82, 2.24) is 9.97 Å². The van der Waals surface area contributed by atoms with E-state index in [0.717, 1.165) is 19.3 Å². The van der Waals surface area contributed by atoms with Crippen molar-refractivity contribution in [1.29, 1.82) is 5.26 Å². The smallest absolute Gasteiger partial charge is 0.339 e. The Morgan fingerprint density at radius 1 is 1.44 bits per heavy atom. The topological polar surface area (TPSA) is 99.9 Å². The van der Waals surface area contributed by atoms with Crippen molar-refractivity contribution in [3.63, 3.8) is 0 Å². The Morgan fingerprint density at radius 3 is 3.00 bits per heavy atom. The first kappa shape index (κ1) is 19.4. The first-order valence-corrected chi connectivity index (χ1v) is 9.52. The van der Waals surface area contributed by atoms with Crippen LogP contribution in [0.4, 0.5) is 17.5 Å². The van der Waals surface area contributed by atoms with Crippen LogP contribution in [0.3, 0.4) is 0 Å².